The van der Waals surface area contributed by atoms with Crippen LogP contribution in [0, 0.1) is 22.7 Å². The van der Waals surface area contributed by atoms with Crippen molar-refractivity contribution in [3.8, 4) is 0 Å². The molecule has 146 valence electrons. The number of carbonyl (C=O) groups is 1. The molecule has 1 aromatic heterocycles. The Morgan fingerprint density at radius 2 is 2.19 bits per heavy atom. The Hall–Kier alpha value is -1.33. The molecule has 5 rings (SSSR count). The van der Waals surface area contributed by atoms with Gasteiger partial charge in [-0.1, -0.05) is 18.5 Å². The number of nitrogens with zero attached hydrogens (tertiary/aromatic N) is 2. The zero-order valence-electron chi connectivity index (χ0n) is 16.1. The number of halogens is 1. The molecular weight excluding hydrogens is 360 g/mol. The van der Waals surface area contributed by atoms with Gasteiger partial charge in [0.25, 0.3) is 5.91 Å². The lowest BCUT2D eigenvalue weighted by Gasteiger charge is -2.40. The summed E-state index contributed by atoms with van der Waals surface area (Å²) in [5, 5.41) is 7.01. The zero-order valence-corrected chi connectivity index (χ0v) is 16.8. The molecule has 6 heteroatoms. The van der Waals surface area contributed by atoms with Crippen LogP contribution in [0.2, 0.25) is 5.02 Å². The molecule has 1 aliphatic heterocycles. The molecule has 4 aliphatic rings. The third-order valence-electron chi connectivity index (χ3n) is 7.44. The molecule has 2 N–H and O–H groups in total. The van der Waals surface area contributed by atoms with Gasteiger partial charge in [-0.3, -0.25) is 4.79 Å². The van der Waals surface area contributed by atoms with Gasteiger partial charge in [0.2, 0.25) is 0 Å². The minimum Gasteiger partial charge on any atom is -0.353 e. The van der Waals surface area contributed by atoms with Gasteiger partial charge in [0.15, 0.2) is 0 Å². The summed E-state index contributed by atoms with van der Waals surface area (Å²) in [5.41, 5.74) is 1.40. The molecule has 1 amide bonds. The van der Waals surface area contributed by atoms with Crippen molar-refractivity contribution in [2.45, 2.75) is 39.0 Å². The summed E-state index contributed by atoms with van der Waals surface area (Å²) in [4.78, 5) is 19.5. The first kappa shape index (κ1) is 17.7. The van der Waals surface area contributed by atoms with E-state index in [-0.39, 0.29) is 11.3 Å². The van der Waals surface area contributed by atoms with Crippen LogP contribution in [0.4, 0.5) is 5.82 Å². The Morgan fingerprint density at radius 3 is 2.96 bits per heavy atom. The van der Waals surface area contributed by atoms with Gasteiger partial charge in [-0.05, 0) is 60.8 Å². The van der Waals surface area contributed by atoms with E-state index in [0.717, 1.165) is 50.4 Å². The van der Waals surface area contributed by atoms with E-state index in [9.17, 15) is 4.79 Å². The van der Waals surface area contributed by atoms with Crippen LogP contribution in [0.3, 0.4) is 0 Å². The van der Waals surface area contributed by atoms with E-state index in [4.69, 9.17) is 11.6 Å². The molecule has 4 unspecified atom stereocenters. The van der Waals surface area contributed by atoms with Crippen molar-refractivity contribution >= 4 is 23.3 Å². The van der Waals surface area contributed by atoms with Gasteiger partial charge in [-0.15, -0.1) is 0 Å². The highest BCUT2D eigenvalue weighted by Crippen LogP contribution is 2.73. The van der Waals surface area contributed by atoms with E-state index in [2.05, 4.69) is 27.4 Å². The molecule has 4 atom stereocenters. The van der Waals surface area contributed by atoms with Gasteiger partial charge in [0.1, 0.15) is 5.82 Å². The third kappa shape index (κ3) is 3.13. The number of rotatable bonds is 4. The minimum atomic E-state index is -0.0669. The fourth-order valence-corrected chi connectivity index (χ4v) is 6.68. The number of piperazine rings is 1. The second-order valence-corrected chi connectivity index (χ2v) is 10.1. The number of amides is 1. The topological polar surface area (TPSA) is 57.3 Å². The quantitative estimate of drug-likeness (QED) is 0.832. The van der Waals surface area contributed by atoms with E-state index in [1.165, 1.54) is 32.1 Å². The normalized spacial score (nSPS) is 37.0. The highest BCUT2D eigenvalue weighted by atomic mass is 35.5. The summed E-state index contributed by atoms with van der Waals surface area (Å²) < 4.78 is 0. The van der Waals surface area contributed by atoms with Crippen molar-refractivity contribution < 1.29 is 4.79 Å². The highest BCUT2D eigenvalue weighted by molar-refractivity contribution is 6.36. The molecule has 4 fully saturated rings. The summed E-state index contributed by atoms with van der Waals surface area (Å²) in [6.45, 7) is 6.66. The van der Waals surface area contributed by atoms with Gasteiger partial charge >= 0.3 is 0 Å². The zero-order chi connectivity index (χ0) is 18.6. The van der Waals surface area contributed by atoms with Crippen molar-refractivity contribution in [1.82, 2.24) is 15.6 Å². The van der Waals surface area contributed by atoms with E-state index < -0.39 is 0 Å². The van der Waals surface area contributed by atoms with Crippen LogP contribution in [-0.2, 0) is 0 Å². The van der Waals surface area contributed by atoms with Gasteiger partial charge < -0.3 is 15.5 Å². The largest absolute Gasteiger partial charge is 0.353 e. The monoisotopic (exact) mass is 388 g/mol. The number of pyridine rings is 1. The average Bonchev–Trinajstić information content (AvgIpc) is 3.21. The van der Waals surface area contributed by atoms with Crippen LogP contribution in [0.5, 0.6) is 0 Å². The molecule has 0 aromatic carbocycles. The van der Waals surface area contributed by atoms with E-state index in [1.807, 2.05) is 0 Å². The fraction of sp³-hybridized carbons (Fsp3) is 0.714. The first-order valence-corrected chi connectivity index (χ1v) is 10.7. The Labute approximate surface area is 166 Å². The van der Waals surface area contributed by atoms with Gasteiger partial charge in [-0.25, -0.2) is 4.98 Å². The first-order valence-electron chi connectivity index (χ1n) is 10.4. The summed E-state index contributed by atoms with van der Waals surface area (Å²) in [6, 6.07) is 1.74. The second-order valence-electron chi connectivity index (χ2n) is 9.68. The van der Waals surface area contributed by atoms with Gasteiger partial charge in [-0.2, -0.15) is 0 Å². The van der Waals surface area contributed by atoms with Crippen molar-refractivity contribution in [3.63, 3.8) is 0 Å². The molecule has 3 aliphatic carbocycles. The predicted octanol–water partition coefficient (Wildman–Crippen LogP) is 3.09. The molecule has 27 heavy (non-hydrogen) atoms. The van der Waals surface area contributed by atoms with E-state index in [0.29, 0.717) is 16.0 Å². The molecular formula is C21H29ClN4O. The Morgan fingerprint density at radius 1 is 1.37 bits per heavy atom. The van der Waals surface area contributed by atoms with Crippen LogP contribution in [-0.4, -0.2) is 43.6 Å². The Balaban J connectivity index is 1.27. The summed E-state index contributed by atoms with van der Waals surface area (Å²) in [7, 11) is 0. The summed E-state index contributed by atoms with van der Waals surface area (Å²) in [5.74, 6) is 2.52. The number of fused-ring (bicyclic) bond motifs is 1. The standard InChI is InChI=1S/C21H29ClN4O/c1-20(9-14-8-15-11-21(15,10-14)12-20)13-25-19(27)16-2-3-24-18(17(16)22)26-6-4-23-5-7-26/h2-3,14-15,23H,4-13H2,1H3,(H,25,27). The molecule has 0 radical (unpaired) electrons. The van der Waals surface area contributed by atoms with Crippen LogP contribution >= 0.6 is 11.6 Å². The van der Waals surface area contributed by atoms with Crippen LogP contribution in [0.1, 0.15) is 49.4 Å². The van der Waals surface area contributed by atoms with E-state index >= 15 is 0 Å². The third-order valence-corrected chi connectivity index (χ3v) is 7.81. The summed E-state index contributed by atoms with van der Waals surface area (Å²) in [6.07, 6.45) is 8.52. The molecule has 1 aromatic rings. The maximum atomic E-state index is 12.9. The number of nitrogens with one attached hydrogen (secondary N) is 2. The second kappa shape index (κ2) is 6.35. The lowest BCUT2D eigenvalue weighted by atomic mass is 9.67. The first-order chi connectivity index (χ1) is 13.0. The minimum absolute atomic E-state index is 0.0669. The maximum absolute atomic E-state index is 12.9. The molecule has 5 nitrogen and oxygen atoms in total. The Bertz CT molecular complexity index is 765. The molecule has 2 bridgehead atoms. The highest BCUT2D eigenvalue weighted by Gasteiger charge is 2.64. The van der Waals surface area contributed by atoms with E-state index in [1.54, 1.807) is 12.3 Å². The lowest BCUT2D eigenvalue weighted by Crippen LogP contribution is -2.44. The summed E-state index contributed by atoms with van der Waals surface area (Å²) >= 11 is 6.59. The fourth-order valence-electron chi connectivity index (χ4n) is 6.37. The van der Waals surface area contributed by atoms with Crippen LogP contribution < -0.4 is 15.5 Å². The van der Waals surface area contributed by atoms with Crippen molar-refractivity contribution in [3.05, 3.63) is 22.8 Å². The smallest absolute Gasteiger partial charge is 0.253 e. The Kier molecular flexibility index (Phi) is 4.17. The maximum Gasteiger partial charge on any atom is 0.253 e. The molecule has 1 spiro atoms. The number of carbonyl (C=O) groups excluding carboxylic acids is 1. The van der Waals surface area contributed by atoms with Crippen molar-refractivity contribution in [1.29, 1.82) is 0 Å². The lowest BCUT2D eigenvalue weighted by molar-refractivity contribution is 0.0857. The van der Waals surface area contributed by atoms with Gasteiger partial charge in [0, 0.05) is 38.9 Å². The predicted molar refractivity (Wildman–Crippen MR) is 107 cm³/mol. The van der Waals surface area contributed by atoms with Crippen LogP contribution in [0.15, 0.2) is 12.3 Å². The van der Waals surface area contributed by atoms with Crippen molar-refractivity contribution in [2.24, 2.45) is 22.7 Å². The SMILES string of the molecule is CC1(CNC(=O)c2ccnc(N3CCNCC3)c2Cl)CC2CC3CC3(C2)C1. The number of hydrogen-bond donors (Lipinski definition) is 2. The molecule has 1 saturated heterocycles. The molecule has 2 heterocycles. The van der Waals surface area contributed by atoms with Crippen LogP contribution in [0.25, 0.3) is 0 Å². The average molecular weight is 389 g/mol. The number of aromatic nitrogens is 1. The van der Waals surface area contributed by atoms with Crippen molar-refractivity contribution in [2.75, 3.05) is 37.6 Å². The molecule has 3 saturated carbocycles. The number of hydrogen-bond acceptors (Lipinski definition) is 4. The number of anilines is 1. The van der Waals surface area contributed by atoms with Gasteiger partial charge in [0.05, 0.1) is 10.6 Å².